The van der Waals surface area contributed by atoms with Gasteiger partial charge in [0.15, 0.2) is 18.1 Å². The smallest absolute Gasteiger partial charge is 0.311 e. The summed E-state index contributed by atoms with van der Waals surface area (Å²) in [6.45, 7) is 2.03. The van der Waals surface area contributed by atoms with Crippen LogP contribution in [0.1, 0.15) is 18.9 Å². The zero-order valence-corrected chi connectivity index (χ0v) is 20.9. The van der Waals surface area contributed by atoms with Gasteiger partial charge in [-0.1, -0.05) is 48.5 Å². The van der Waals surface area contributed by atoms with Gasteiger partial charge in [-0.15, -0.1) is 0 Å². The topological polar surface area (TPSA) is 79.2 Å². The van der Waals surface area contributed by atoms with Crippen LogP contribution in [-0.2, 0) is 16.1 Å². The first-order valence-electron chi connectivity index (χ1n) is 12.2. The van der Waals surface area contributed by atoms with Crippen LogP contribution in [0, 0.1) is 5.82 Å². The van der Waals surface area contributed by atoms with Crippen molar-refractivity contribution in [3.8, 4) is 34.3 Å². The highest BCUT2D eigenvalue weighted by Gasteiger charge is 2.17. The maximum atomic E-state index is 13.2. The maximum Gasteiger partial charge on any atom is 0.311 e. The predicted octanol–water partition coefficient (Wildman–Crippen LogP) is 6.62. The van der Waals surface area contributed by atoms with Crippen molar-refractivity contribution < 1.29 is 28.2 Å². The number of rotatable bonds is 12. The molecule has 0 amide bonds. The largest absolute Gasteiger partial charge is 0.486 e. The van der Waals surface area contributed by atoms with E-state index in [1.54, 1.807) is 37.5 Å². The number of esters is 1. The Morgan fingerprint density at radius 2 is 1.71 bits per heavy atom. The molecule has 7 nitrogen and oxygen atoms in total. The number of para-hydroxylation sites is 1. The molecule has 38 heavy (non-hydrogen) atoms. The van der Waals surface area contributed by atoms with Crippen molar-refractivity contribution in [1.29, 1.82) is 0 Å². The average Bonchev–Trinajstić information content (AvgIpc) is 2.96. The van der Waals surface area contributed by atoms with Gasteiger partial charge in [-0.05, 0) is 54.1 Å². The molecule has 1 aromatic heterocycles. The molecule has 0 aliphatic rings. The van der Waals surface area contributed by atoms with Crippen LogP contribution in [0.4, 0.5) is 4.39 Å². The molecular formula is C30H27FN2O5. The summed E-state index contributed by atoms with van der Waals surface area (Å²) < 4.78 is 30.3. The number of hydrogen-bond donors (Lipinski definition) is 0. The van der Waals surface area contributed by atoms with E-state index in [0.717, 1.165) is 16.8 Å². The Labute approximate surface area is 220 Å². The van der Waals surface area contributed by atoms with Crippen LogP contribution >= 0.6 is 0 Å². The lowest BCUT2D eigenvalue weighted by Crippen LogP contribution is -2.10. The number of carbonyl (C=O) groups excluding carboxylic acids is 1. The molecule has 3 aromatic carbocycles. The van der Waals surface area contributed by atoms with Gasteiger partial charge in [0, 0.05) is 30.8 Å². The highest BCUT2D eigenvalue weighted by molar-refractivity contribution is 5.74. The van der Waals surface area contributed by atoms with Crippen molar-refractivity contribution in [2.45, 2.75) is 19.8 Å². The predicted molar refractivity (Wildman–Crippen MR) is 142 cm³/mol. The molecule has 0 fully saturated rings. The minimum Gasteiger partial charge on any atom is -0.486 e. The van der Waals surface area contributed by atoms with Crippen molar-refractivity contribution in [3.63, 3.8) is 0 Å². The van der Waals surface area contributed by atoms with Gasteiger partial charge in [-0.2, -0.15) is 0 Å². The standard InChI is InChI=1S/C30H27FN2O5/c1-2-29(34)38-30-27(7-5-8-28(30)37-25-15-13-24(31)14-16-25)35-20-21-36-33-19-17-22-9-11-23(12-10-22)26-6-3-4-18-32-26/h3-16,18-19H,2,17,20-21H2,1H3. The van der Waals surface area contributed by atoms with Crippen LogP contribution < -0.4 is 14.2 Å². The van der Waals surface area contributed by atoms with Crippen molar-refractivity contribution in [2.24, 2.45) is 5.16 Å². The molecule has 4 aromatic rings. The van der Waals surface area contributed by atoms with Gasteiger partial charge < -0.3 is 19.0 Å². The van der Waals surface area contributed by atoms with Gasteiger partial charge in [0.05, 0.1) is 5.69 Å². The fraction of sp³-hybridized carbons (Fsp3) is 0.167. The molecule has 0 saturated heterocycles. The molecule has 4 rings (SSSR count). The highest BCUT2D eigenvalue weighted by Crippen LogP contribution is 2.40. The summed E-state index contributed by atoms with van der Waals surface area (Å²) in [5.41, 5.74) is 3.07. The minimum atomic E-state index is -0.445. The van der Waals surface area contributed by atoms with E-state index in [1.807, 2.05) is 42.5 Å². The maximum absolute atomic E-state index is 13.2. The number of aromatic nitrogens is 1. The lowest BCUT2D eigenvalue weighted by Gasteiger charge is -2.15. The summed E-state index contributed by atoms with van der Waals surface area (Å²) >= 11 is 0. The number of benzene rings is 3. The van der Waals surface area contributed by atoms with Crippen LogP contribution in [0.3, 0.4) is 0 Å². The van der Waals surface area contributed by atoms with Crippen molar-refractivity contribution >= 4 is 12.2 Å². The van der Waals surface area contributed by atoms with E-state index in [0.29, 0.717) is 17.9 Å². The van der Waals surface area contributed by atoms with Gasteiger partial charge in [-0.25, -0.2) is 4.39 Å². The van der Waals surface area contributed by atoms with Gasteiger partial charge in [0.2, 0.25) is 5.75 Å². The number of hydrogen-bond acceptors (Lipinski definition) is 7. The zero-order valence-electron chi connectivity index (χ0n) is 20.9. The Morgan fingerprint density at radius 3 is 2.45 bits per heavy atom. The molecule has 8 heteroatoms. The lowest BCUT2D eigenvalue weighted by molar-refractivity contribution is -0.134. The number of pyridine rings is 1. The Bertz CT molecular complexity index is 1340. The van der Waals surface area contributed by atoms with Crippen LogP contribution in [0.15, 0.2) is 96.3 Å². The third-order valence-corrected chi connectivity index (χ3v) is 5.31. The fourth-order valence-electron chi connectivity index (χ4n) is 3.39. The zero-order chi connectivity index (χ0) is 26.6. The quantitative estimate of drug-likeness (QED) is 0.0695. The first-order valence-corrected chi connectivity index (χ1v) is 12.2. The molecule has 0 spiro atoms. The van der Waals surface area contributed by atoms with E-state index in [2.05, 4.69) is 10.1 Å². The molecule has 0 N–H and O–H groups in total. The fourth-order valence-corrected chi connectivity index (χ4v) is 3.39. The average molecular weight is 515 g/mol. The molecule has 0 saturated carbocycles. The van der Waals surface area contributed by atoms with Crippen molar-refractivity contribution in [1.82, 2.24) is 4.98 Å². The summed E-state index contributed by atoms with van der Waals surface area (Å²) in [5, 5.41) is 3.98. The molecule has 194 valence electrons. The number of oxime groups is 1. The van der Waals surface area contributed by atoms with Gasteiger partial charge in [0.1, 0.15) is 18.2 Å². The van der Waals surface area contributed by atoms with E-state index in [-0.39, 0.29) is 37.0 Å². The summed E-state index contributed by atoms with van der Waals surface area (Å²) in [5.74, 6) is 0.283. The second kappa shape index (κ2) is 13.5. The number of halogens is 1. The number of carbonyl (C=O) groups is 1. The first kappa shape index (κ1) is 26.3. The van der Waals surface area contributed by atoms with E-state index in [4.69, 9.17) is 19.0 Å². The summed E-state index contributed by atoms with van der Waals surface area (Å²) in [6.07, 6.45) is 4.24. The molecular weight excluding hydrogens is 487 g/mol. The summed E-state index contributed by atoms with van der Waals surface area (Å²) in [6, 6.07) is 24.4. The van der Waals surface area contributed by atoms with Crippen molar-refractivity contribution in [3.05, 3.63) is 103 Å². The Balaban J connectivity index is 1.28. The summed E-state index contributed by atoms with van der Waals surface area (Å²) in [7, 11) is 0. The lowest BCUT2D eigenvalue weighted by atomic mass is 10.1. The second-order valence-electron chi connectivity index (χ2n) is 8.05. The molecule has 0 bridgehead atoms. The van der Waals surface area contributed by atoms with E-state index in [1.165, 1.54) is 24.3 Å². The minimum absolute atomic E-state index is 0.140. The first-order chi connectivity index (χ1) is 18.6. The van der Waals surface area contributed by atoms with Gasteiger partial charge >= 0.3 is 5.97 Å². The van der Waals surface area contributed by atoms with Crippen LogP contribution in [0.5, 0.6) is 23.0 Å². The van der Waals surface area contributed by atoms with Crippen LogP contribution in [-0.4, -0.2) is 30.4 Å². The highest BCUT2D eigenvalue weighted by atomic mass is 19.1. The Morgan fingerprint density at radius 1 is 0.921 bits per heavy atom. The normalized spacial score (nSPS) is 10.8. The summed E-state index contributed by atoms with van der Waals surface area (Å²) in [4.78, 5) is 21.7. The van der Waals surface area contributed by atoms with Gasteiger partial charge in [-0.3, -0.25) is 9.78 Å². The molecule has 0 aliphatic heterocycles. The van der Waals surface area contributed by atoms with Gasteiger partial charge in [0.25, 0.3) is 0 Å². The monoisotopic (exact) mass is 514 g/mol. The van der Waals surface area contributed by atoms with Crippen LogP contribution in [0.25, 0.3) is 11.3 Å². The third kappa shape index (κ3) is 7.64. The SMILES string of the molecule is CCC(=O)Oc1c(OCCON=CCc2ccc(-c3ccccn3)cc2)cccc1Oc1ccc(F)cc1. The molecule has 0 atom stereocenters. The molecule has 0 radical (unpaired) electrons. The van der Waals surface area contributed by atoms with E-state index < -0.39 is 5.97 Å². The van der Waals surface area contributed by atoms with E-state index in [9.17, 15) is 9.18 Å². The van der Waals surface area contributed by atoms with Crippen molar-refractivity contribution in [2.75, 3.05) is 13.2 Å². The van der Waals surface area contributed by atoms with Crippen LogP contribution in [0.2, 0.25) is 0 Å². The number of nitrogens with zero attached hydrogens (tertiary/aromatic N) is 2. The molecule has 0 aliphatic carbocycles. The third-order valence-electron chi connectivity index (χ3n) is 5.31. The second-order valence-corrected chi connectivity index (χ2v) is 8.05. The molecule has 0 unspecified atom stereocenters. The number of ether oxygens (including phenoxy) is 3. The Kier molecular flexibility index (Phi) is 9.39. The molecule has 1 heterocycles. The van der Waals surface area contributed by atoms with E-state index >= 15 is 0 Å². The Hall–Kier alpha value is -4.72.